The van der Waals surface area contributed by atoms with E-state index < -0.39 is 0 Å². The fourth-order valence-corrected chi connectivity index (χ4v) is 2.72. The van der Waals surface area contributed by atoms with Gasteiger partial charge < -0.3 is 15.1 Å². The van der Waals surface area contributed by atoms with Crippen molar-refractivity contribution in [3.63, 3.8) is 0 Å². The van der Waals surface area contributed by atoms with Crippen LogP contribution in [0.2, 0.25) is 5.02 Å². The van der Waals surface area contributed by atoms with Crippen molar-refractivity contribution in [2.75, 3.05) is 36.9 Å². The van der Waals surface area contributed by atoms with Gasteiger partial charge in [0, 0.05) is 12.2 Å². The van der Waals surface area contributed by atoms with Gasteiger partial charge in [-0.25, -0.2) is 0 Å². The normalized spacial score (nSPS) is 11.5. The first-order valence-corrected chi connectivity index (χ1v) is 8.71. The van der Waals surface area contributed by atoms with E-state index in [-0.39, 0.29) is 24.9 Å². The monoisotopic (exact) mass is 372 g/mol. The summed E-state index contributed by atoms with van der Waals surface area (Å²) in [5.74, 6) is -0.266. The number of carbonyl (C=O) groups excluding carboxylic acids is 2. The van der Waals surface area contributed by atoms with Crippen LogP contribution in [0.15, 0.2) is 67.3 Å². The van der Waals surface area contributed by atoms with E-state index >= 15 is 0 Å². The van der Waals surface area contributed by atoms with E-state index in [2.05, 4.69) is 11.9 Å². The zero-order chi connectivity index (χ0) is 18.9. The highest BCUT2D eigenvalue weighted by Crippen LogP contribution is 2.19. The maximum Gasteiger partial charge on any atom is 0.282 e. The van der Waals surface area contributed by atoms with Gasteiger partial charge >= 0.3 is 0 Å². The van der Waals surface area contributed by atoms with E-state index in [1.54, 1.807) is 42.3 Å². The molecule has 0 aliphatic carbocycles. The fourth-order valence-electron chi connectivity index (χ4n) is 2.54. The highest BCUT2D eigenvalue weighted by molar-refractivity contribution is 6.33. The number of nitrogens with zero attached hydrogens (tertiary/aromatic N) is 1. The minimum atomic E-state index is -0.196. The molecule has 0 aromatic heterocycles. The molecular weight excluding hydrogens is 350 g/mol. The molecule has 0 aliphatic heterocycles. The lowest BCUT2D eigenvalue weighted by Gasteiger charge is -2.23. The van der Waals surface area contributed by atoms with Gasteiger partial charge in [-0.2, -0.15) is 0 Å². The van der Waals surface area contributed by atoms with Crippen molar-refractivity contribution in [3.05, 3.63) is 72.3 Å². The standard InChI is InChI=1S/C20H22ClN3O2/c1-3-13-24(16-9-5-4-6-10-16)20(26)15-23(2)14-19(25)22-18-12-8-7-11-17(18)21/h3-12H,1,13-15H2,2H3,(H,22,25)/p+1. The second kappa shape index (κ2) is 9.75. The Morgan fingerprint density at radius 2 is 1.77 bits per heavy atom. The molecule has 0 saturated carbocycles. The Labute approximate surface area is 158 Å². The van der Waals surface area contributed by atoms with E-state index in [4.69, 9.17) is 11.6 Å². The van der Waals surface area contributed by atoms with Gasteiger partial charge in [-0.05, 0) is 24.3 Å². The van der Waals surface area contributed by atoms with Gasteiger partial charge in [0.25, 0.3) is 11.8 Å². The van der Waals surface area contributed by atoms with Gasteiger partial charge in [-0.15, -0.1) is 6.58 Å². The third-order valence-corrected chi connectivity index (χ3v) is 4.07. The maximum absolute atomic E-state index is 12.6. The summed E-state index contributed by atoms with van der Waals surface area (Å²) in [5.41, 5.74) is 1.38. The Balaban J connectivity index is 1.94. The third-order valence-electron chi connectivity index (χ3n) is 3.74. The van der Waals surface area contributed by atoms with Crippen molar-refractivity contribution in [1.29, 1.82) is 0 Å². The van der Waals surface area contributed by atoms with Gasteiger partial charge in [0.05, 0.1) is 17.8 Å². The predicted molar refractivity (Wildman–Crippen MR) is 106 cm³/mol. The first-order chi connectivity index (χ1) is 12.5. The SMILES string of the molecule is C=CCN(C(=O)C[NH+](C)CC(=O)Nc1ccccc1Cl)c1ccccc1. The number of amides is 2. The molecule has 6 heteroatoms. The zero-order valence-corrected chi connectivity index (χ0v) is 15.5. The summed E-state index contributed by atoms with van der Waals surface area (Å²) in [5, 5.41) is 3.25. The number of carbonyl (C=O) groups is 2. The number of nitrogens with one attached hydrogen (secondary N) is 2. The van der Waals surface area contributed by atoms with Crippen molar-refractivity contribution in [3.8, 4) is 0 Å². The molecule has 2 aromatic carbocycles. The second-order valence-electron chi connectivity index (χ2n) is 5.97. The van der Waals surface area contributed by atoms with Gasteiger partial charge in [0.2, 0.25) is 0 Å². The number of hydrogen-bond acceptors (Lipinski definition) is 2. The number of likely N-dealkylation sites (N-methyl/N-ethyl adjacent to an activating group) is 1. The Kier molecular flexibility index (Phi) is 7.38. The molecule has 5 nitrogen and oxygen atoms in total. The summed E-state index contributed by atoms with van der Waals surface area (Å²) in [4.78, 5) is 27.3. The molecule has 0 fully saturated rings. The topological polar surface area (TPSA) is 53.9 Å². The number of anilines is 2. The molecule has 2 rings (SSSR count). The molecule has 136 valence electrons. The Morgan fingerprint density at radius 1 is 1.12 bits per heavy atom. The highest BCUT2D eigenvalue weighted by Gasteiger charge is 2.20. The van der Waals surface area contributed by atoms with Crippen molar-refractivity contribution >= 4 is 34.8 Å². The molecule has 0 aliphatic rings. The summed E-state index contributed by atoms with van der Waals surface area (Å²) in [6.07, 6.45) is 1.68. The summed E-state index contributed by atoms with van der Waals surface area (Å²) >= 11 is 6.04. The minimum Gasteiger partial charge on any atom is -0.322 e. The average molecular weight is 373 g/mol. The minimum absolute atomic E-state index is 0.0702. The number of hydrogen-bond donors (Lipinski definition) is 2. The van der Waals surface area contributed by atoms with Crippen LogP contribution in [0.1, 0.15) is 0 Å². The average Bonchev–Trinajstić information content (AvgIpc) is 2.62. The predicted octanol–water partition coefficient (Wildman–Crippen LogP) is 2.01. The molecule has 0 spiro atoms. The van der Waals surface area contributed by atoms with Crippen LogP contribution in [0, 0.1) is 0 Å². The van der Waals surface area contributed by atoms with E-state index in [9.17, 15) is 9.59 Å². The number of para-hydroxylation sites is 2. The van der Waals surface area contributed by atoms with Crippen molar-refractivity contribution in [2.24, 2.45) is 0 Å². The highest BCUT2D eigenvalue weighted by atomic mass is 35.5. The molecule has 2 N–H and O–H groups in total. The van der Waals surface area contributed by atoms with Crippen LogP contribution in [-0.4, -0.2) is 38.5 Å². The lowest BCUT2D eigenvalue weighted by Crippen LogP contribution is -3.11. The van der Waals surface area contributed by atoms with Crippen LogP contribution in [0.25, 0.3) is 0 Å². The van der Waals surface area contributed by atoms with E-state index in [1.165, 1.54) is 0 Å². The molecule has 2 aromatic rings. The number of rotatable bonds is 8. The van der Waals surface area contributed by atoms with Crippen molar-refractivity contribution in [2.45, 2.75) is 0 Å². The number of halogens is 1. The van der Waals surface area contributed by atoms with Crippen LogP contribution in [0.4, 0.5) is 11.4 Å². The molecule has 2 amide bonds. The summed E-state index contributed by atoms with van der Waals surface area (Å²) in [7, 11) is 1.81. The van der Waals surface area contributed by atoms with Crippen LogP contribution in [0.3, 0.4) is 0 Å². The number of benzene rings is 2. The zero-order valence-electron chi connectivity index (χ0n) is 14.7. The van der Waals surface area contributed by atoms with Crippen LogP contribution in [0.5, 0.6) is 0 Å². The Hall–Kier alpha value is -2.63. The first-order valence-electron chi connectivity index (χ1n) is 8.33. The molecule has 1 unspecified atom stereocenters. The van der Waals surface area contributed by atoms with Crippen molar-refractivity contribution in [1.82, 2.24) is 0 Å². The molecule has 26 heavy (non-hydrogen) atoms. The van der Waals surface area contributed by atoms with E-state index in [0.717, 1.165) is 10.6 Å². The van der Waals surface area contributed by atoms with Gasteiger partial charge in [0.15, 0.2) is 13.1 Å². The van der Waals surface area contributed by atoms with Gasteiger partial charge in [0.1, 0.15) is 0 Å². The van der Waals surface area contributed by atoms with E-state index in [1.807, 2.05) is 30.3 Å². The summed E-state index contributed by atoms with van der Waals surface area (Å²) < 4.78 is 0. The molecule has 0 saturated heterocycles. The Morgan fingerprint density at radius 3 is 2.42 bits per heavy atom. The van der Waals surface area contributed by atoms with E-state index in [0.29, 0.717) is 17.3 Å². The van der Waals surface area contributed by atoms with Gasteiger partial charge in [-0.1, -0.05) is 48.0 Å². The summed E-state index contributed by atoms with van der Waals surface area (Å²) in [6.45, 7) is 4.49. The van der Waals surface area contributed by atoms with Crippen LogP contribution < -0.4 is 15.1 Å². The van der Waals surface area contributed by atoms with Crippen LogP contribution in [-0.2, 0) is 9.59 Å². The molecule has 1 atom stereocenters. The number of quaternary nitrogens is 1. The fraction of sp³-hybridized carbons (Fsp3) is 0.200. The lowest BCUT2D eigenvalue weighted by molar-refractivity contribution is -0.862. The molecule has 0 heterocycles. The lowest BCUT2D eigenvalue weighted by atomic mass is 10.2. The largest absolute Gasteiger partial charge is 0.322 e. The molecular formula is C20H23ClN3O2+. The molecule has 0 radical (unpaired) electrons. The second-order valence-corrected chi connectivity index (χ2v) is 6.37. The smallest absolute Gasteiger partial charge is 0.282 e. The molecule has 0 bridgehead atoms. The first kappa shape index (κ1) is 19.7. The Bertz CT molecular complexity index is 765. The quantitative estimate of drug-likeness (QED) is 0.696. The maximum atomic E-state index is 12.6. The summed E-state index contributed by atoms with van der Waals surface area (Å²) in [6, 6.07) is 16.5. The third kappa shape index (κ3) is 5.72. The van der Waals surface area contributed by atoms with Gasteiger partial charge in [-0.3, -0.25) is 9.59 Å². The van der Waals surface area contributed by atoms with Crippen LogP contribution >= 0.6 is 11.6 Å². The van der Waals surface area contributed by atoms with Crippen molar-refractivity contribution < 1.29 is 14.5 Å².